The van der Waals surface area contributed by atoms with E-state index in [1.165, 1.54) is 0 Å². The highest BCUT2D eigenvalue weighted by Crippen LogP contribution is 2.20. The molecule has 0 aliphatic carbocycles. The van der Waals surface area contributed by atoms with E-state index in [2.05, 4.69) is 4.98 Å². The van der Waals surface area contributed by atoms with Crippen LogP contribution in [0.4, 0.5) is 0 Å². The van der Waals surface area contributed by atoms with Gasteiger partial charge in [0.2, 0.25) is 5.78 Å². The summed E-state index contributed by atoms with van der Waals surface area (Å²) < 4.78 is 16.2. The largest absolute Gasteiger partial charge is 0.494 e. The standard InChI is InChI=1S/C22H23NO5/c1-3-26-16-8-10-17(11-9-16)27-13-12-21(24)28-15(2)22(25)19-14-23-20-7-5-4-6-18(19)20/h4-11,14-15,23H,3,12-13H2,1-2H3. The molecule has 1 aromatic heterocycles. The van der Waals surface area contributed by atoms with E-state index in [0.717, 1.165) is 16.7 Å². The lowest BCUT2D eigenvalue weighted by Gasteiger charge is -2.12. The quantitative estimate of drug-likeness (QED) is 0.445. The molecule has 146 valence electrons. The SMILES string of the molecule is CCOc1ccc(OCCC(=O)OC(C)C(=O)c2c[nH]c3ccccc23)cc1. The van der Waals surface area contributed by atoms with Crippen LogP contribution in [-0.2, 0) is 9.53 Å². The fraction of sp³-hybridized carbons (Fsp3) is 0.273. The number of para-hydroxylation sites is 1. The van der Waals surface area contributed by atoms with E-state index >= 15 is 0 Å². The number of ether oxygens (including phenoxy) is 3. The minimum Gasteiger partial charge on any atom is -0.494 e. The van der Waals surface area contributed by atoms with Crippen LogP contribution in [0, 0.1) is 0 Å². The first kappa shape index (κ1) is 19.5. The highest BCUT2D eigenvalue weighted by molar-refractivity contribution is 6.10. The summed E-state index contributed by atoms with van der Waals surface area (Å²) in [6.45, 7) is 4.26. The average Bonchev–Trinajstić information content (AvgIpc) is 3.13. The van der Waals surface area contributed by atoms with E-state index < -0.39 is 12.1 Å². The number of hydrogen-bond acceptors (Lipinski definition) is 5. The van der Waals surface area contributed by atoms with Gasteiger partial charge in [0.1, 0.15) is 11.5 Å². The summed E-state index contributed by atoms with van der Waals surface area (Å²) in [4.78, 5) is 27.7. The molecule has 0 aliphatic heterocycles. The van der Waals surface area contributed by atoms with Gasteiger partial charge in [-0.1, -0.05) is 18.2 Å². The number of esters is 1. The molecule has 3 aromatic rings. The maximum Gasteiger partial charge on any atom is 0.309 e. The van der Waals surface area contributed by atoms with Gasteiger partial charge in [-0.05, 0) is 44.2 Å². The molecule has 0 saturated carbocycles. The van der Waals surface area contributed by atoms with E-state index in [0.29, 0.717) is 17.9 Å². The van der Waals surface area contributed by atoms with E-state index in [-0.39, 0.29) is 18.8 Å². The first-order chi connectivity index (χ1) is 13.6. The number of Topliss-reactive ketones (excluding diaryl/α,β-unsaturated/α-hetero) is 1. The number of aromatic nitrogens is 1. The zero-order valence-corrected chi connectivity index (χ0v) is 15.9. The number of fused-ring (bicyclic) bond motifs is 1. The molecule has 6 heteroatoms. The molecular weight excluding hydrogens is 358 g/mol. The Balaban J connectivity index is 1.48. The second kappa shape index (κ2) is 9.08. The Morgan fingerprint density at radius 1 is 1.00 bits per heavy atom. The Hall–Kier alpha value is -3.28. The van der Waals surface area contributed by atoms with Gasteiger partial charge in [-0.3, -0.25) is 9.59 Å². The summed E-state index contributed by atoms with van der Waals surface area (Å²) in [6, 6.07) is 14.7. The highest BCUT2D eigenvalue weighted by Gasteiger charge is 2.22. The summed E-state index contributed by atoms with van der Waals surface area (Å²) >= 11 is 0. The molecule has 2 aromatic carbocycles. The lowest BCUT2D eigenvalue weighted by atomic mass is 10.1. The monoisotopic (exact) mass is 381 g/mol. The minimum atomic E-state index is -0.864. The van der Waals surface area contributed by atoms with Crippen molar-refractivity contribution < 1.29 is 23.8 Å². The van der Waals surface area contributed by atoms with Gasteiger partial charge in [0.15, 0.2) is 6.10 Å². The molecule has 1 heterocycles. The lowest BCUT2D eigenvalue weighted by Crippen LogP contribution is -2.25. The van der Waals surface area contributed by atoms with Gasteiger partial charge in [0.05, 0.1) is 19.6 Å². The van der Waals surface area contributed by atoms with Crippen LogP contribution in [0.15, 0.2) is 54.7 Å². The number of carbonyl (C=O) groups is 2. The van der Waals surface area contributed by atoms with Crippen LogP contribution in [0.1, 0.15) is 30.6 Å². The molecule has 3 rings (SSSR count). The second-order valence-corrected chi connectivity index (χ2v) is 6.25. The lowest BCUT2D eigenvalue weighted by molar-refractivity contribution is -0.146. The van der Waals surface area contributed by atoms with Crippen molar-refractivity contribution in [2.75, 3.05) is 13.2 Å². The van der Waals surface area contributed by atoms with Crippen LogP contribution < -0.4 is 9.47 Å². The van der Waals surface area contributed by atoms with Gasteiger partial charge in [-0.25, -0.2) is 0 Å². The number of ketones is 1. The number of rotatable bonds is 9. The number of benzene rings is 2. The molecule has 1 atom stereocenters. The van der Waals surface area contributed by atoms with E-state index in [4.69, 9.17) is 14.2 Å². The molecule has 0 aliphatic rings. The van der Waals surface area contributed by atoms with Crippen molar-refractivity contribution >= 4 is 22.7 Å². The Kier molecular flexibility index (Phi) is 6.32. The second-order valence-electron chi connectivity index (χ2n) is 6.25. The van der Waals surface area contributed by atoms with E-state index in [9.17, 15) is 9.59 Å². The summed E-state index contributed by atoms with van der Waals surface area (Å²) in [5.74, 6) is 0.683. The Bertz CT molecular complexity index is 945. The fourth-order valence-corrected chi connectivity index (χ4v) is 2.85. The summed E-state index contributed by atoms with van der Waals surface area (Å²) in [5.41, 5.74) is 1.38. The first-order valence-electron chi connectivity index (χ1n) is 9.24. The third-order valence-corrected chi connectivity index (χ3v) is 4.24. The van der Waals surface area contributed by atoms with Gasteiger partial charge < -0.3 is 19.2 Å². The molecule has 0 radical (unpaired) electrons. The van der Waals surface area contributed by atoms with Gasteiger partial charge in [0, 0.05) is 22.7 Å². The van der Waals surface area contributed by atoms with Crippen molar-refractivity contribution in [2.45, 2.75) is 26.4 Å². The molecule has 1 unspecified atom stereocenters. The Labute approximate surface area is 163 Å². The van der Waals surface area contributed by atoms with Crippen molar-refractivity contribution in [2.24, 2.45) is 0 Å². The summed E-state index contributed by atoms with van der Waals surface area (Å²) in [6.07, 6.45) is 0.836. The zero-order chi connectivity index (χ0) is 19.9. The summed E-state index contributed by atoms with van der Waals surface area (Å²) in [5, 5.41) is 0.814. The third-order valence-electron chi connectivity index (χ3n) is 4.24. The minimum absolute atomic E-state index is 0.0543. The van der Waals surface area contributed by atoms with Crippen molar-refractivity contribution in [3.8, 4) is 11.5 Å². The predicted octanol–water partition coefficient (Wildman–Crippen LogP) is 4.15. The number of nitrogens with one attached hydrogen (secondary N) is 1. The molecule has 0 bridgehead atoms. The molecule has 0 amide bonds. The highest BCUT2D eigenvalue weighted by atomic mass is 16.5. The smallest absolute Gasteiger partial charge is 0.309 e. The van der Waals surface area contributed by atoms with Crippen LogP contribution in [0.3, 0.4) is 0 Å². The zero-order valence-electron chi connectivity index (χ0n) is 15.9. The van der Waals surface area contributed by atoms with E-state index in [1.54, 1.807) is 37.4 Å². The topological polar surface area (TPSA) is 77.6 Å². The van der Waals surface area contributed by atoms with Crippen molar-refractivity contribution in [1.82, 2.24) is 4.98 Å². The Morgan fingerprint density at radius 2 is 1.68 bits per heavy atom. The van der Waals surface area contributed by atoms with Crippen LogP contribution in [-0.4, -0.2) is 36.1 Å². The fourth-order valence-electron chi connectivity index (χ4n) is 2.85. The van der Waals surface area contributed by atoms with Gasteiger partial charge in [-0.2, -0.15) is 0 Å². The summed E-state index contributed by atoms with van der Waals surface area (Å²) in [7, 11) is 0. The predicted molar refractivity (Wildman–Crippen MR) is 106 cm³/mol. The van der Waals surface area contributed by atoms with Gasteiger partial charge in [-0.15, -0.1) is 0 Å². The van der Waals surface area contributed by atoms with Crippen LogP contribution >= 0.6 is 0 Å². The van der Waals surface area contributed by atoms with Crippen LogP contribution in [0.5, 0.6) is 11.5 Å². The van der Waals surface area contributed by atoms with Crippen LogP contribution in [0.25, 0.3) is 10.9 Å². The average molecular weight is 381 g/mol. The number of H-pyrrole nitrogens is 1. The van der Waals surface area contributed by atoms with Gasteiger partial charge >= 0.3 is 5.97 Å². The molecule has 28 heavy (non-hydrogen) atoms. The molecular formula is C22H23NO5. The molecule has 1 N–H and O–H groups in total. The maximum atomic E-state index is 12.6. The number of aromatic amines is 1. The van der Waals surface area contributed by atoms with Crippen LogP contribution in [0.2, 0.25) is 0 Å². The third kappa shape index (κ3) is 4.71. The van der Waals surface area contributed by atoms with Crippen molar-refractivity contribution in [1.29, 1.82) is 0 Å². The first-order valence-corrected chi connectivity index (χ1v) is 9.24. The van der Waals surface area contributed by atoms with Crippen molar-refractivity contribution in [3.63, 3.8) is 0 Å². The maximum absolute atomic E-state index is 12.6. The molecule has 0 saturated heterocycles. The number of carbonyl (C=O) groups excluding carboxylic acids is 2. The van der Waals surface area contributed by atoms with E-state index in [1.807, 2.05) is 31.2 Å². The van der Waals surface area contributed by atoms with Crippen molar-refractivity contribution in [3.05, 3.63) is 60.3 Å². The van der Waals surface area contributed by atoms with Gasteiger partial charge in [0.25, 0.3) is 0 Å². The molecule has 6 nitrogen and oxygen atoms in total. The molecule has 0 spiro atoms. The normalized spacial score (nSPS) is 11.8. The number of hydrogen-bond donors (Lipinski definition) is 1. The Morgan fingerprint density at radius 3 is 2.39 bits per heavy atom. The molecule has 0 fully saturated rings.